The number of aliphatic hydroxyl groups is 1. The number of likely N-dealkylation sites (N-methyl/N-ethyl adjacent to an activating group) is 1. The van der Waals surface area contributed by atoms with Crippen LogP contribution in [0.3, 0.4) is 0 Å². The number of fused-ring (bicyclic) bond motifs is 6. The molecule has 2 aromatic heterocycles. The lowest BCUT2D eigenvalue weighted by molar-refractivity contribution is 0.0360. The highest BCUT2D eigenvalue weighted by atomic mass is 35.5. The van der Waals surface area contributed by atoms with Crippen LogP contribution >= 0.6 is 11.6 Å². The van der Waals surface area contributed by atoms with Crippen LogP contribution in [-0.2, 0) is 18.6 Å². The Hall–Kier alpha value is -1.95. The average molecular weight is 411 g/mol. The van der Waals surface area contributed by atoms with E-state index in [2.05, 4.69) is 32.5 Å². The Bertz CT molecular complexity index is 1070. The zero-order valence-corrected chi connectivity index (χ0v) is 17.9. The molecule has 3 unspecified atom stereocenters. The molecule has 1 aromatic carbocycles. The van der Waals surface area contributed by atoms with Gasteiger partial charge in [-0.15, -0.1) is 0 Å². The fourth-order valence-electron chi connectivity index (χ4n) is 5.27. The van der Waals surface area contributed by atoms with Crippen molar-refractivity contribution in [2.45, 2.75) is 63.8 Å². The number of hydrogen-bond acceptors (Lipinski definition) is 4. The number of aromatic nitrogens is 3. The van der Waals surface area contributed by atoms with E-state index in [0.29, 0.717) is 24.5 Å². The Balaban J connectivity index is 1.67. The molecule has 0 spiro atoms. The van der Waals surface area contributed by atoms with Gasteiger partial charge in [0.05, 0.1) is 12.1 Å². The molecule has 1 N–H and O–H groups in total. The lowest BCUT2D eigenvalue weighted by Gasteiger charge is -2.44. The number of rotatable bonds is 3. The number of halogens is 1. The minimum Gasteiger partial charge on any atom is -0.383 e. The van der Waals surface area contributed by atoms with Crippen molar-refractivity contribution in [1.82, 2.24) is 19.4 Å². The quantitative estimate of drug-likeness (QED) is 0.696. The fourth-order valence-corrected chi connectivity index (χ4v) is 5.44. The molecule has 29 heavy (non-hydrogen) atoms. The molecule has 3 atom stereocenters. The predicted molar refractivity (Wildman–Crippen MR) is 115 cm³/mol. The van der Waals surface area contributed by atoms with Gasteiger partial charge in [-0.3, -0.25) is 4.90 Å². The van der Waals surface area contributed by atoms with Crippen LogP contribution in [0.5, 0.6) is 0 Å². The van der Waals surface area contributed by atoms with E-state index in [1.807, 2.05) is 26.0 Å². The first-order valence-corrected chi connectivity index (χ1v) is 10.8. The number of piperidine rings is 1. The van der Waals surface area contributed by atoms with Crippen molar-refractivity contribution >= 4 is 22.5 Å². The summed E-state index contributed by atoms with van der Waals surface area (Å²) in [6.07, 6.45) is 8.17. The number of nitrogens with zero attached hydrogens (tertiary/aromatic N) is 4. The van der Waals surface area contributed by atoms with E-state index in [-0.39, 0.29) is 0 Å². The summed E-state index contributed by atoms with van der Waals surface area (Å²) in [5.74, 6) is 0.705. The second-order valence-electron chi connectivity index (χ2n) is 8.87. The van der Waals surface area contributed by atoms with Crippen molar-refractivity contribution in [1.29, 1.82) is 0 Å². The molecule has 0 amide bonds. The van der Waals surface area contributed by atoms with E-state index < -0.39 is 5.60 Å². The van der Waals surface area contributed by atoms with E-state index in [0.717, 1.165) is 22.5 Å². The maximum absolute atomic E-state index is 11.4. The predicted octanol–water partition coefficient (Wildman–Crippen LogP) is 4.38. The molecule has 1 fully saturated rings. The Labute approximate surface area is 176 Å². The van der Waals surface area contributed by atoms with Gasteiger partial charge in [0.2, 0.25) is 0 Å². The van der Waals surface area contributed by atoms with Crippen LogP contribution in [0, 0.1) is 6.92 Å². The smallest absolute Gasteiger partial charge is 0.125 e. The number of hydrogen-bond donors (Lipinski definition) is 1. The molecule has 6 heteroatoms. The van der Waals surface area contributed by atoms with E-state index in [4.69, 9.17) is 11.6 Å². The van der Waals surface area contributed by atoms with E-state index in [1.54, 1.807) is 12.4 Å². The van der Waals surface area contributed by atoms with Crippen molar-refractivity contribution < 1.29 is 5.11 Å². The molecule has 4 heterocycles. The van der Waals surface area contributed by atoms with Gasteiger partial charge in [0, 0.05) is 52.6 Å². The van der Waals surface area contributed by atoms with Crippen LogP contribution in [-0.4, -0.2) is 37.6 Å². The summed E-state index contributed by atoms with van der Waals surface area (Å²) in [7, 11) is 2.26. The molecular formula is C23H27ClN4O. The van der Waals surface area contributed by atoms with Crippen LogP contribution < -0.4 is 0 Å². The largest absolute Gasteiger partial charge is 0.383 e. The molecule has 152 valence electrons. The first kappa shape index (κ1) is 19.0. The first-order valence-electron chi connectivity index (χ1n) is 10.4. The third kappa shape index (κ3) is 3.07. The third-order valence-corrected chi connectivity index (χ3v) is 7.13. The Kier molecular flexibility index (Phi) is 4.46. The number of benzene rings is 1. The highest BCUT2D eigenvalue weighted by molar-refractivity contribution is 6.31. The van der Waals surface area contributed by atoms with Crippen molar-refractivity contribution in [2.24, 2.45) is 0 Å². The minimum absolute atomic E-state index is 0.440. The zero-order chi connectivity index (χ0) is 20.3. The van der Waals surface area contributed by atoms with E-state index in [1.165, 1.54) is 35.9 Å². The molecule has 2 bridgehead atoms. The van der Waals surface area contributed by atoms with E-state index >= 15 is 0 Å². The summed E-state index contributed by atoms with van der Waals surface area (Å²) in [5.41, 5.74) is 3.54. The molecule has 5 nitrogen and oxygen atoms in total. The van der Waals surface area contributed by atoms with E-state index in [9.17, 15) is 5.11 Å². The summed E-state index contributed by atoms with van der Waals surface area (Å²) < 4.78 is 2.30. The lowest BCUT2D eigenvalue weighted by Crippen LogP contribution is -2.44. The lowest BCUT2D eigenvalue weighted by atomic mass is 9.82. The minimum atomic E-state index is -1.08. The van der Waals surface area contributed by atoms with Gasteiger partial charge in [0.15, 0.2) is 0 Å². The normalized spacial score (nSPS) is 23.8. The molecule has 0 aliphatic carbocycles. The molecular weight excluding hydrogens is 384 g/mol. The van der Waals surface area contributed by atoms with Crippen LogP contribution in [0.15, 0.2) is 30.6 Å². The highest BCUT2D eigenvalue weighted by Gasteiger charge is 2.39. The molecule has 0 saturated carbocycles. The van der Waals surface area contributed by atoms with Crippen molar-refractivity contribution in [3.8, 4) is 0 Å². The SMILES string of the molecule is Cc1ncc(C(C)(O)Cn2c3c(c4ccc(Cl)cc42)C2CCCC(C3)N2C)cn1. The van der Waals surface area contributed by atoms with Gasteiger partial charge in [-0.05, 0) is 57.9 Å². The van der Waals surface area contributed by atoms with Crippen molar-refractivity contribution in [3.05, 3.63) is 58.3 Å². The summed E-state index contributed by atoms with van der Waals surface area (Å²) in [6, 6.07) is 7.18. The van der Waals surface area contributed by atoms with Gasteiger partial charge >= 0.3 is 0 Å². The van der Waals surface area contributed by atoms with Crippen LogP contribution in [0.2, 0.25) is 5.02 Å². The van der Waals surface area contributed by atoms with Gasteiger partial charge in [-0.25, -0.2) is 9.97 Å². The second-order valence-corrected chi connectivity index (χ2v) is 9.31. The monoisotopic (exact) mass is 410 g/mol. The maximum atomic E-state index is 11.4. The topological polar surface area (TPSA) is 54.2 Å². The Morgan fingerprint density at radius 3 is 2.76 bits per heavy atom. The Morgan fingerprint density at radius 2 is 2.00 bits per heavy atom. The van der Waals surface area contributed by atoms with Crippen LogP contribution in [0.4, 0.5) is 0 Å². The zero-order valence-electron chi connectivity index (χ0n) is 17.2. The van der Waals surface area contributed by atoms with Crippen LogP contribution in [0.25, 0.3) is 10.9 Å². The number of aryl methyl sites for hydroxylation is 1. The molecule has 0 radical (unpaired) electrons. The average Bonchev–Trinajstić information content (AvgIpc) is 2.94. The summed E-state index contributed by atoms with van der Waals surface area (Å²) in [5, 5.41) is 13.4. The molecule has 2 aliphatic rings. The molecule has 5 rings (SSSR count). The van der Waals surface area contributed by atoms with Gasteiger partial charge in [-0.2, -0.15) is 0 Å². The van der Waals surface area contributed by atoms with Crippen molar-refractivity contribution in [2.75, 3.05) is 7.05 Å². The molecule has 3 aromatic rings. The molecule has 2 aliphatic heterocycles. The van der Waals surface area contributed by atoms with Crippen molar-refractivity contribution in [3.63, 3.8) is 0 Å². The Morgan fingerprint density at radius 1 is 1.24 bits per heavy atom. The first-order chi connectivity index (χ1) is 13.8. The third-order valence-electron chi connectivity index (χ3n) is 6.89. The highest BCUT2D eigenvalue weighted by Crippen LogP contribution is 2.46. The van der Waals surface area contributed by atoms with Gasteiger partial charge in [-0.1, -0.05) is 17.7 Å². The standard InChI is InChI=1S/C23H27ClN4O/c1-14-25-11-15(12-26-14)23(2,29)13-28-20-9-16(24)7-8-18(20)22-19-6-4-5-17(27(19)3)10-21(22)28/h7-9,11-12,17,19,29H,4-6,10,13H2,1-3H3. The summed E-state index contributed by atoms with van der Waals surface area (Å²) in [4.78, 5) is 11.1. The van der Waals surface area contributed by atoms with Gasteiger partial charge < -0.3 is 9.67 Å². The maximum Gasteiger partial charge on any atom is 0.125 e. The van der Waals surface area contributed by atoms with Gasteiger partial charge in [0.25, 0.3) is 0 Å². The fraction of sp³-hybridized carbons (Fsp3) is 0.478. The van der Waals surface area contributed by atoms with Crippen LogP contribution in [0.1, 0.15) is 54.9 Å². The summed E-state index contributed by atoms with van der Waals surface area (Å²) >= 11 is 6.39. The van der Waals surface area contributed by atoms with Gasteiger partial charge in [0.1, 0.15) is 11.4 Å². The summed E-state index contributed by atoms with van der Waals surface area (Å²) in [6.45, 7) is 4.15. The molecule has 1 saturated heterocycles. The second kappa shape index (κ2) is 6.79.